The van der Waals surface area contributed by atoms with Gasteiger partial charge in [-0.25, -0.2) is 13.2 Å². The Morgan fingerprint density at radius 2 is 1.61 bits per heavy atom. The molecule has 1 aliphatic rings. The average molecular weight is 634 g/mol. The van der Waals surface area contributed by atoms with E-state index in [4.69, 9.17) is 15.2 Å². The van der Waals surface area contributed by atoms with Gasteiger partial charge in [0.1, 0.15) is 35.2 Å². The summed E-state index contributed by atoms with van der Waals surface area (Å²) in [6.07, 6.45) is 4.61. The second kappa shape index (κ2) is 14.9. The first-order valence-electron chi connectivity index (χ1n) is 15.1. The van der Waals surface area contributed by atoms with E-state index in [9.17, 15) is 18.8 Å². The Kier molecular flexibility index (Phi) is 10.5. The number of hydrogen-bond donors (Lipinski definition) is 2. The minimum Gasteiger partial charge on any atom is -0.493 e. The molecule has 0 bridgehead atoms. The Labute approximate surface area is 264 Å². The van der Waals surface area contributed by atoms with Gasteiger partial charge in [-0.05, 0) is 81.0 Å². The van der Waals surface area contributed by atoms with Crippen LogP contribution in [0.4, 0.5) is 19.0 Å². The maximum absolute atomic E-state index is 15.3. The summed E-state index contributed by atoms with van der Waals surface area (Å²) < 4.78 is 55.7. The molecule has 240 valence electrons. The van der Waals surface area contributed by atoms with Crippen LogP contribution < -0.4 is 21.3 Å². The number of hydrogen-bond acceptors (Lipinski definition) is 7. The number of ether oxygens (including phenoxy) is 2. The van der Waals surface area contributed by atoms with Gasteiger partial charge in [-0.2, -0.15) is 0 Å². The number of nitrogens with one attached hydrogen (secondary N) is 1. The molecule has 0 unspecified atom stereocenters. The molecule has 0 amide bonds. The SMILES string of the molecule is Nc1c(C(=O)c2ccc(F)cc2)ccc(=O)n1-c1c(F)cc(OCCCN[C@@H](Cc2ccccc2)C(=O)OC2CCCC2)cc1F. The first kappa shape index (κ1) is 32.5. The molecule has 11 heteroatoms. The normalized spacial score (nSPS) is 13.8. The number of esters is 1. The summed E-state index contributed by atoms with van der Waals surface area (Å²) in [7, 11) is 0. The monoisotopic (exact) mass is 633 g/mol. The molecule has 3 N–H and O–H groups in total. The number of nitrogens with zero attached hydrogens (tertiary/aromatic N) is 1. The molecule has 46 heavy (non-hydrogen) atoms. The molecule has 0 radical (unpaired) electrons. The van der Waals surface area contributed by atoms with E-state index < -0.39 is 46.3 Å². The van der Waals surface area contributed by atoms with Gasteiger partial charge in [-0.15, -0.1) is 0 Å². The van der Waals surface area contributed by atoms with Gasteiger partial charge in [0, 0.05) is 23.8 Å². The van der Waals surface area contributed by atoms with Crippen molar-refractivity contribution in [3.05, 3.63) is 123 Å². The van der Waals surface area contributed by atoms with Crippen molar-refractivity contribution in [1.29, 1.82) is 0 Å². The van der Waals surface area contributed by atoms with Gasteiger partial charge in [-0.1, -0.05) is 30.3 Å². The summed E-state index contributed by atoms with van der Waals surface area (Å²) in [4.78, 5) is 38.6. The largest absolute Gasteiger partial charge is 0.493 e. The van der Waals surface area contributed by atoms with E-state index in [0.717, 1.165) is 67.6 Å². The van der Waals surface area contributed by atoms with Crippen LogP contribution in [0, 0.1) is 17.5 Å². The number of carbonyl (C=O) groups excluding carboxylic acids is 2. The van der Waals surface area contributed by atoms with Gasteiger partial charge in [0.05, 0.1) is 12.2 Å². The van der Waals surface area contributed by atoms with Crippen LogP contribution >= 0.6 is 0 Å². The lowest BCUT2D eigenvalue weighted by Crippen LogP contribution is -2.41. The summed E-state index contributed by atoms with van der Waals surface area (Å²) in [6.45, 7) is 0.450. The van der Waals surface area contributed by atoms with Crippen molar-refractivity contribution >= 4 is 17.6 Å². The van der Waals surface area contributed by atoms with Crippen LogP contribution in [0.15, 0.2) is 83.7 Å². The van der Waals surface area contributed by atoms with Gasteiger partial charge >= 0.3 is 5.97 Å². The molecule has 5 rings (SSSR count). The molecule has 1 saturated carbocycles. The fraction of sp³-hybridized carbons (Fsp3) is 0.286. The minimum atomic E-state index is -1.13. The maximum atomic E-state index is 15.3. The third-order valence-corrected chi connectivity index (χ3v) is 7.83. The van der Waals surface area contributed by atoms with E-state index >= 15 is 8.78 Å². The Morgan fingerprint density at radius 3 is 2.28 bits per heavy atom. The number of pyridine rings is 1. The zero-order chi connectivity index (χ0) is 32.6. The van der Waals surface area contributed by atoms with Crippen LogP contribution in [-0.4, -0.2) is 41.6 Å². The van der Waals surface area contributed by atoms with Crippen LogP contribution in [0.5, 0.6) is 5.75 Å². The standard InChI is InChI=1S/C35H34F3N3O5/c36-24-13-11-23(12-14-24)33(43)27-15-16-31(42)41(34(27)39)32-28(37)20-26(21-29(32)38)45-18-6-17-40-30(19-22-7-2-1-3-8-22)35(44)46-25-9-4-5-10-25/h1-3,7-8,11-16,20-21,25,30,40H,4-6,9-10,17-19,39H2/t30-/m0/s1. The molecular formula is C35H34F3N3O5. The van der Waals surface area contributed by atoms with Crippen LogP contribution in [0.1, 0.15) is 53.6 Å². The Hall–Kier alpha value is -4.90. The molecule has 1 atom stereocenters. The number of nitrogen functional groups attached to an aromatic ring is 1. The number of aromatic nitrogens is 1. The number of rotatable bonds is 13. The van der Waals surface area contributed by atoms with Gasteiger partial charge in [-0.3, -0.25) is 19.0 Å². The summed E-state index contributed by atoms with van der Waals surface area (Å²) in [6, 6.07) is 17.6. The molecular weight excluding hydrogens is 599 g/mol. The second-order valence-electron chi connectivity index (χ2n) is 11.1. The quantitative estimate of drug-likeness (QED) is 0.113. The van der Waals surface area contributed by atoms with Crippen molar-refractivity contribution in [2.45, 2.75) is 50.7 Å². The maximum Gasteiger partial charge on any atom is 0.323 e. The van der Waals surface area contributed by atoms with E-state index in [-0.39, 0.29) is 35.6 Å². The Morgan fingerprint density at radius 1 is 0.935 bits per heavy atom. The second-order valence-corrected chi connectivity index (χ2v) is 11.1. The molecule has 1 aliphatic carbocycles. The van der Waals surface area contributed by atoms with E-state index in [1.165, 1.54) is 12.1 Å². The third-order valence-electron chi connectivity index (χ3n) is 7.83. The van der Waals surface area contributed by atoms with Gasteiger partial charge in [0.25, 0.3) is 5.56 Å². The number of benzene rings is 3. The molecule has 0 spiro atoms. The summed E-state index contributed by atoms with van der Waals surface area (Å²) >= 11 is 0. The third kappa shape index (κ3) is 7.84. The molecule has 1 aromatic heterocycles. The van der Waals surface area contributed by atoms with E-state index in [1.807, 2.05) is 30.3 Å². The zero-order valence-electron chi connectivity index (χ0n) is 25.0. The van der Waals surface area contributed by atoms with Crippen LogP contribution in [0.3, 0.4) is 0 Å². The van der Waals surface area contributed by atoms with Crippen molar-refractivity contribution in [1.82, 2.24) is 9.88 Å². The van der Waals surface area contributed by atoms with E-state index in [1.54, 1.807) is 0 Å². The fourth-order valence-corrected chi connectivity index (χ4v) is 5.45. The molecule has 0 saturated heterocycles. The number of carbonyl (C=O) groups is 2. The predicted molar refractivity (Wildman–Crippen MR) is 167 cm³/mol. The molecule has 0 aliphatic heterocycles. The van der Waals surface area contributed by atoms with Crippen LogP contribution in [-0.2, 0) is 16.0 Å². The highest BCUT2D eigenvalue weighted by Gasteiger charge is 2.26. The van der Waals surface area contributed by atoms with Crippen molar-refractivity contribution in [3.63, 3.8) is 0 Å². The van der Waals surface area contributed by atoms with Crippen LogP contribution in [0.25, 0.3) is 5.69 Å². The lowest BCUT2D eigenvalue weighted by atomic mass is 10.0. The lowest BCUT2D eigenvalue weighted by Gasteiger charge is -2.20. The topological polar surface area (TPSA) is 113 Å². The number of halogens is 3. The van der Waals surface area contributed by atoms with Gasteiger partial charge in [0.15, 0.2) is 17.4 Å². The number of ketones is 1. The highest BCUT2D eigenvalue weighted by atomic mass is 19.1. The van der Waals surface area contributed by atoms with Gasteiger partial charge in [0.2, 0.25) is 0 Å². The number of nitrogens with two attached hydrogens (primary N) is 1. The van der Waals surface area contributed by atoms with Crippen molar-refractivity contribution in [3.8, 4) is 11.4 Å². The lowest BCUT2D eigenvalue weighted by molar-refractivity contribution is -0.151. The molecule has 1 heterocycles. The molecule has 4 aromatic rings. The van der Waals surface area contributed by atoms with Crippen molar-refractivity contribution < 1.29 is 32.2 Å². The van der Waals surface area contributed by atoms with Crippen molar-refractivity contribution in [2.24, 2.45) is 0 Å². The highest BCUT2D eigenvalue weighted by molar-refractivity contribution is 6.11. The summed E-state index contributed by atoms with van der Waals surface area (Å²) in [5.74, 6) is -4.38. The number of anilines is 1. The highest BCUT2D eigenvalue weighted by Crippen LogP contribution is 2.27. The predicted octanol–water partition coefficient (Wildman–Crippen LogP) is 5.52. The average Bonchev–Trinajstić information content (AvgIpc) is 3.55. The summed E-state index contributed by atoms with van der Waals surface area (Å²) in [5, 5.41) is 3.22. The first-order chi connectivity index (χ1) is 22.2. The van der Waals surface area contributed by atoms with E-state index in [2.05, 4.69) is 5.32 Å². The van der Waals surface area contributed by atoms with E-state index in [0.29, 0.717) is 24.0 Å². The van der Waals surface area contributed by atoms with Gasteiger partial charge < -0.3 is 20.5 Å². The molecule has 1 fully saturated rings. The minimum absolute atomic E-state index is 0.0624. The first-order valence-corrected chi connectivity index (χ1v) is 15.1. The molecule has 8 nitrogen and oxygen atoms in total. The summed E-state index contributed by atoms with van der Waals surface area (Å²) in [5.41, 5.74) is 5.32. The molecule has 3 aromatic carbocycles. The van der Waals surface area contributed by atoms with Crippen LogP contribution in [0.2, 0.25) is 0 Å². The zero-order valence-corrected chi connectivity index (χ0v) is 25.0. The van der Waals surface area contributed by atoms with Crippen molar-refractivity contribution in [2.75, 3.05) is 18.9 Å². The fourth-order valence-electron chi connectivity index (χ4n) is 5.45. The Balaban J connectivity index is 1.23. The smallest absolute Gasteiger partial charge is 0.323 e. The Bertz CT molecular complexity index is 1720.